The highest BCUT2D eigenvalue weighted by molar-refractivity contribution is 7.18. The van der Waals surface area contributed by atoms with Crippen molar-refractivity contribution in [2.75, 3.05) is 31.6 Å². The van der Waals surface area contributed by atoms with E-state index in [9.17, 15) is 19.5 Å². The van der Waals surface area contributed by atoms with Crippen LogP contribution in [0.3, 0.4) is 0 Å². The maximum absolute atomic E-state index is 13.5. The topological polar surface area (TPSA) is 90.0 Å². The highest BCUT2D eigenvalue weighted by atomic mass is 35.5. The zero-order valence-corrected chi connectivity index (χ0v) is 21.0. The second-order valence-corrected chi connectivity index (χ2v) is 11.0. The van der Waals surface area contributed by atoms with Gasteiger partial charge < -0.3 is 20.2 Å². The second kappa shape index (κ2) is 10.5. The Labute approximate surface area is 208 Å². The molecule has 2 aliphatic heterocycles. The number of nitrogens with zero attached hydrogens (tertiary/aromatic N) is 2. The first-order valence-corrected chi connectivity index (χ1v) is 12.8. The number of aliphatic carboxylic acids is 1. The molecule has 34 heavy (non-hydrogen) atoms. The summed E-state index contributed by atoms with van der Waals surface area (Å²) in [6.07, 6.45) is 2.68. The highest BCUT2D eigenvalue weighted by Gasteiger charge is 2.42. The van der Waals surface area contributed by atoms with Gasteiger partial charge in [0.15, 0.2) is 0 Å². The van der Waals surface area contributed by atoms with Crippen LogP contribution in [0.2, 0.25) is 4.34 Å². The first-order chi connectivity index (χ1) is 16.2. The molecule has 0 saturated carbocycles. The number of halogens is 1. The van der Waals surface area contributed by atoms with E-state index in [1.54, 1.807) is 24.0 Å². The van der Waals surface area contributed by atoms with Gasteiger partial charge in [-0.2, -0.15) is 0 Å². The average Bonchev–Trinajstić information content (AvgIpc) is 3.31. The number of amides is 2. The molecule has 182 valence electrons. The van der Waals surface area contributed by atoms with Crippen LogP contribution in [0.1, 0.15) is 40.6 Å². The largest absolute Gasteiger partial charge is 0.481 e. The van der Waals surface area contributed by atoms with Crippen LogP contribution in [0.25, 0.3) is 0 Å². The molecule has 1 saturated heterocycles. The smallest absolute Gasteiger partial charge is 0.306 e. The fourth-order valence-corrected chi connectivity index (χ4v) is 5.66. The van der Waals surface area contributed by atoms with Crippen LogP contribution in [0.4, 0.5) is 5.69 Å². The maximum Gasteiger partial charge on any atom is 0.306 e. The number of benzene rings is 1. The van der Waals surface area contributed by atoms with Crippen molar-refractivity contribution >= 4 is 46.4 Å². The first-order valence-electron chi connectivity index (χ1n) is 11.6. The van der Waals surface area contributed by atoms with Crippen molar-refractivity contribution in [3.05, 3.63) is 50.7 Å². The molecule has 2 aliphatic rings. The summed E-state index contributed by atoms with van der Waals surface area (Å²) in [5, 5.41) is 12.3. The number of thiophene rings is 1. The second-order valence-electron chi connectivity index (χ2n) is 9.31. The molecule has 9 heteroatoms. The van der Waals surface area contributed by atoms with Crippen LogP contribution in [-0.2, 0) is 22.4 Å². The normalized spacial score (nSPS) is 21.7. The maximum atomic E-state index is 13.5. The summed E-state index contributed by atoms with van der Waals surface area (Å²) in [7, 11) is 2.12. The minimum Gasteiger partial charge on any atom is -0.481 e. The Morgan fingerprint density at radius 3 is 2.62 bits per heavy atom. The number of nitrogens with one attached hydrogen (secondary N) is 1. The SMILES string of the molecule is CC(CC[C@H]1C(=O)N(c2ccc3c(c2)CCN(C)CC3)C[C@@H]1NC(=O)c1ccc(Cl)s1)C(=O)O. The molecular formula is C25H30ClN3O4S. The van der Waals surface area contributed by atoms with Gasteiger partial charge in [-0.15, -0.1) is 11.3 Å². The minimum atomic E-state index is -0.883. The zero-order chi connectivity index (χ0) is 24.4. The Balaban J connectivity index is 1.56. The molecular weight excluding hydrogens is 474 g/mol. The lowest BCUT2D eigenvalue weighted by molar-refractivity contribution is -0.141. The summed E-state index contributed by atoms with van der Waals surface area (Å²) in [6.45, 7) is 3.99. The van der Waals surface area contributed by atoms with Gasteiger partial charge in [-0.1, -0.05) is 24.6 Å². The molecule has 1 fully saturated rings. The van der Waals surface area contributed by atoms with Gasteiger partial charge in [0, 0.05) is 25.3 Å². The molecule has 1 aromatic carbocycles. The molecule has 2 amide bonds. The predicted octanol–water partition coefficient (Wildman–Crippen LogP) is 3.69. The van der Waals surface area contributed by atoms with Gasteiger partial charge in [-0.3, -0.25) is 14.4 Å². The van der Waals surface area contributed by atoms with Crippen LogP contribution in [0.5, 0.6) is 0 Å². The van der Waals surface area contributed by atoms with Crippen molar-refractivity contribution in [1.29, 1.82) is 0 Å². The number of hydrogen-bond donors (Lipinski definition) is 2. The van der Waals surface area contributed by atoms with Crippen molar-refractivity contribution in [2.24, 2.45) is 11.8 Å². The Morgan fingerprint density at radius 2 is 1.94 bits per heavy atom. The molecule has 7 nitrogen and oxygen atoms in total. The Bertz CT molecular complexity index is 1090. The van der Waals surface area contributed by atoms with E-state index in [1.807, 2.05) is 6.07 Å². The molecule has 0 spiro atoms. The molecule has 1 aromatic heterocycles. The van der Waals surface area contributed by atoms with Gasteiger partial charge in [0.05, 0.1) is 27.1 Å². The standard InChI is InChI=1S/C25H30ClN3O4S/c1-15(25(32)33)3-6-19-20(27-23(30)21-7-8-22(26)34-21)14-29(24(19)31)18-5-4-16-9-11-28(2)12-10-17(16)13-18/h4-5,7-8,13,15,19-20H,3,6,9-12,14H2,1-2H3,(H,27,30)(H,32,33)/t15?,19-,20+/m1/s1. The van der Waals surface area contributed by atoms with Crippen molar-refractivity contribution in [3.63, 3.8) is 0 Å². The van der Waals surface area contributed by atoms with E-state index < -0.39 is 23.8 Å². The van der Waals surface area contributed by atoms with Gasteiger partial charge in [0.25, 0.3) is 5.91 Å². The summed E-state index contributed by atoms with van der Waals surface area (Å²) >= 11 is 7.18. The number of carbonyl (C=O) groups is 3. The van der Waals surface area contributed by atoms with Crippen LogP contribution in [0.15, 0.2) is 30.3 Å². The zero-order valence-electron chi connectivity index (χ0n) is 19.4. The van der Waals surface area contributed by atoms with Crippen LogP contribution in [0, 0.1) is 11.8 Å². The number of carbonyl (C=O) groups excluding carboxylic acids is 2. The average molecular weight is 504 g/mol. The molecule has 2 N–H and O–H groups in total. The van der Waals surface area contributed by atoms with Gasteiger partial charge in [0.2, 0.25) is 5.91 Å². The fraction of sp³-hybridized carbons (Fsp3) is 0.480. The Kier molecular flexibility index (Phi) is 7.60. The molecule has 0 aliphatic carbocycles. The lowest BCUT2D eigenvalue weighted by Crippen LogP contribution is -2.40. The number of rotatable bonds is 7. The van der Waals surface area contributed by atoms with Crippen molar-refractivity contribution < 1.29 is 19.5 Å². The summed E-state index contributed by atoms with van der Waals surface area (Å²) in [4.78, 5) is 42.2. The van der Waals surface area contributed by atoms with Crippen molar-refractivity contribution in [3.8, 4) is 0 Å². The molecule has 2 aromatic rings. The minimum absolute atomic E-state index is 0.0715. The lowest BCUT2D eigenvalue weighted by atomic mass is 9.92. The number of likely N-dealkylation sites (N-methyl/N-ethyl adjacent to an activating group) is 1. The lowest BCUT2D eigenvalue weighted by Gasteiger charge is -2.19. The number of anilines is 1. The van der Waals surface area contributed by atoms with Crippen molar-refractivity contribution in [2.45, 2.75) is 38.6 Å². The molecule has 4 rings (SSSR count). The Hall–Kier alpha value is -2.42. The van der Waals surface area contributed by atoms with Crippen LogP contribution >= 0.6 is 22.9 Å². The summed E-state index contributed by atoms with van der Waals surface area (Å²) in [5.74, 6) is -2.26. The molecule has 3 atom stereocenters. The fourth-order valence-electron chi connectivity index (χ4n) is 4.71. The van der Waals surface area contributed by atoms with E-state index in [0.717, 1.165) is 31.6 Å². The molecule has 3 heterocycles. The first kappa shape index (κ1) is 24.7. The third-order valence-electron chi connectivity index (χ3n) is 6.92. The molecule has 0 bridgehead atoms. The molecule has 0 radical (unpaired) electrons. The predicted molar refractivity (Wildman–Crippen MR) is 134 cm³/mol. The van der Waals surface area contributed by atoms with Gasteiger partial charge in [-0.05, 0) is 68.1 Å². The third-order valence-corrected chi connectivity index (χ3v) is 8.15. The number of hydrogen-bond acceptors (Lipinski definition) is 5. The van der Waals surface area contributed by atoms with Crippen LogP contribution in [-0.4, -0.2) is 60.5 Å². The highest BCUT2D eigenvalue weighted by Crippen LogP contribution is 2.32. The Morgan fingerprint density at radius 1 is 1.21 bits per heavy atom. The van der Waals surface area contributed by atoms with Crippen molar-refractivity contribution in [1.82, 2.24) is 10.2 Å². The number of carboxylic acid groups (broad SMARTS) is 1. The van der Waals surface area contributed by atoms with Gasteiger partial charge >= 0.3 is 5.97 Å². The summed E-state index contributed by atoms with van der Waals surface area (Å²) in [6, 6.07) is 9.13. The van der Waals surface area contributed by atoms with E-state index in [0.29, 0.717) is 28.6 Å². The van der Waals surface area contributed by atoms with E-state index in [2.05, 4.69) is 29.4 Å². The van der Waals surface area contributed by atoms with E-state index >= 15 is 0 Å². The van der Waals surface area contributed by atoms with Gasteiger partial charge in [-0.25, -0.2) is 0 Å². The van der Waals surface area contributed by atoms with Gasteiger partial charge in [0.1, 0.15) is 0 Å². The van der Waals surface area contributed by atoms with E-state index in [4.69, 9.17) is 11.6 Å². The summed E-state index contributed by atoms with van der Waals surface area (Å²) < 4.78 is 0.525. The quantitative estimate of drug-likeness (QED) is 0.601. The third kappa shape index (κ3) is 5.45. The van der Waals surface area contributed by atoms with E-state index in [-0.39, 0.29) is 11.8 Å². The number of carboxylic acids is 1. The summed E-state index contributed by atoms with van der Waals surface area (Å²) in [5.41, 5.74) is 3.40. The monoisotopic (exact) mass is 503 g/mol. The molecule has 1 unspecified atom stereocenters. The van der Waals surface area contributed by atoms with Crippen LogP contribution < -0.4 is 10.2 Å². The van der Waals surface area contributed by atoms with E-state index in [1.165, 1.54) is 22.5 Å². The number of fused-ring (bicyclic) bond motifs is 1.